The summed E-state index contributed by atoms with van der Waals surface area (Å²) in [4.78, 5) is 24.1. The maximum Gasteiger partial charge on any atom is 0.243 e. The standard InChI is InChI=1S/C23H29N3O4/c1-16(2)23(28)26-19-8-3-7-18(12-19)25-22(27)14-24-17-6-4-9-20(13-17)30-15-21-10-5-11-29-21/h3-4,6-9,12-13,16,21,24H,5,10-11,14-15H2,1-2H3,(H,25,27)(H,26,28). The smallest absolute Gasteiger partial charge is 0.243 e. The van der Waals surface area contributed by atoms with Gasteiger partial charge in [-0.05, 0) is 43.2 Å². The van der Waals surface area contributed by atoms with Gasteiger partial charge in [0.15, 0.2) is 0 Å². The third-order valence-electron chi connectivity index (χ3n) is 4.69. The van der Waals surface area contributed by atoms with Gasteiger partial charge in [-0.1, -0.05) is 26.0 Å². The van der Waals surface area contributed by atoms with Crippen molar-refractivity contribution in [3.63, 3.8) is 0 Å². The van der Waals surface area contributed by atoms with E-state index in [-0.39, 0.29) is 30.4 Å². The Labute approximate surface area is 177 Å². The average Bonchev–Trinajstić information content (AvgIpc) is 3.25. The van der Waals surface area contributed by atoms with E-state index in [0.717, 1.165) is 30.9 Å². The number of hydrogen-bond donors (Lipinski definition) is 3. The minimum Gasteiger partial charge on any atom is -0.491 e. The van der Waals surface area contributed by atoms with Crippen LogP contribution in [0.5, 0.6) is 5.75 Å². The molecular formula is C23H29N3O4. The van der Waals surface area contributed by atoms with E-state index in [1.165, 1.54) is 0 Å². The molecule has 0 bridgehead atoms. The second-order valence-corrected chi connectivity index (χ2v) is 7.60. The first-order valence-corrected chi connectivity index (χ1v) is 10.3. The van der Waals surface area contributed by atoms with Crippen LogP contribution in [0, 0.1) is 5.92 Å². The van der Waals surface area contributed by atoms with Crippen LogP contribution in [-0.2, 0) is 14.3 Å². The first-order valence-electron chi connectivity index (χ1n) is 10.3. The number of benzene rings is 2. The van der Waals surface area contributed by atoms with Crippen molar-refractivity contribution in [2.75, 3.05) is 35.7 Å². The fourth-order valence-electron chi connectivity index (χ4n) is 3.01. The number of nitrogens with one attached hydrogen (secondary N) is 3. The molecule has 1 aliphatic rings. The van der Waals surface area contributed by atoms with Crippen molar-refractivity contribution < 1.29 is 19.1 Å². The minimum absolute atomic E-state index is 0.0678. The van der Waals surface area contributed by atoms with Crippen molar-refractivity contribution in [2.24, 2.45) is 5.92 Å². The summed E-state index contributed by atoms with van der Waals surface area (Å²) < 4.78 is 11.4. The summed E-state index contributed by atoms with van der Waals surface area (Å²) >= 11 is 0. The molecular weight excluding hydrogens is 382 g/mol. The maximum absolute atomic E-state index is 12.3. The largest absolute Gasteiger partial charge is 0.491 e. The molecule has 3 N–H and O–H groups in total. The molecule has 2 aromatic rings. The Morgan fingerprint density at radius 2 is 1.80 bits per heavy atom. The van der Waals surface area contributed by atoms with E-state index in [2.05, 4.69) is 16.0 Å². The summed E-state index contributed by atoms with van der Waals surface area (Å²) in [6, 6.07) is 14.6. The lowest BCUT2D eigenvalue weighted by molar-refractivity contribution is -0.119. The van der Waals surface area contributed by atoms with E-state index in [9.17, 15) is 9.59 Å². The molecule has 2 aromatic carbocycles. The summed E-state index contributed by atoms with van der Waals surface area (Å²) in [7, 11) is 0. The number of carbonyl (C=O) groups is 2. The van der Waals surface area contributed by atoms with E-state index in [0.29, 0.717) is 18.0 Å². The Morgan fingerprint density at radius 1 is 1.07 bits per heavy atom. The zero-order valence-electron chi connectivity index (χ0n) is 17.4. The van der Waals surface area contributed by atoms with Crippen molar-refractivity contribution >= 4 is 28.9 Å². The fourth-order valence-corrected chi connectivity index (χ4v) is 3.01. The second kappa shape index (κ2) is 10.6. The van der Waals surface area contributed by atoms with Gasteiger partial charge in [-0.3, -0.25) is 9.59 Å². The first kappa shape index (κ1) is 21.6. The normalized spacial score (nSPS) is 15.6. The summed E-state index contributed by atoms with van der Waals surface area (Å²) in [6.45, 7) is 5.10. The number of carbonyl (C=O) groups excluding carboxylic acids is 2. The molecule has 0 radical (unpaired) electrons. The van der Waals surface area contributed by atoms with E-state index in [4.69, 9.17) is 9.47 Å². The molecule has 0 saturated carbocycles. The molecule has 1 heterocycles. The molecule has 1 aliphatic heterocycles. The highest BCUT2D eigenvalue weighted by atomic mass is 16.5. The Morgan fingerprint density at radius 3 is 2.53 bits per heavy atom. The Balaban J connectivity index is 1.47. The molecule has 0 spiro atoms. The monoisotopic (exact) mass is 411 g/mol. The van der Waals surface area contributed by atoms with Crippen LogP contribution in [0.25, 0.3) is 0 Å². The molecule has 1 unspecified atom stereocenters. The second-order valence-electron chi connectivity index (χ2n) is 7.60. The van der Waals surface area contributed by atoms with Crippen LogP contribution in [0.4, 0.5) is 17.1 Å². The summed E-state index contributed by atoms with van der Waals surface area (Å²) in [6.07, 6.45) is 2.27. The van der Waals surface area contributed by atoms with Gasteiger partial charge in [0.1, 0.15) is 12.4 Å². The molecule has 0 aromatic heterocycles. The SMILES string of the molecule is CC(C)C(=O)Nc1cccc(NC(=O)CNc2cccc(OCC3CCCO3)c2)c1. The van der Waals surface area contributed by atoms with Gasteiger partial charge in [0.2, 0.25) is 11.8 Å². The number of ether oxygens (including phenoxy) is 2. The van der Waals surface area contributed by atoms with Gasteiger partial charge in [-0.2, -0.15) is 0 Å². The van der Waals surface area contributed by atoms with Crippen molar-refractivity contribution in [2.45, 2.75) is 32.8 Å². The quantitative estimate of drug-likeness (QED) is 0.583. The van der Waals surface area contributed by atoms with Crippen LogP contribution in [0.1, 0.15) is 26.7 Å². The third kappa shape index (κ3) is 6.77. The third-order valence-corrected chi connectivity index (χ3v) is 4.69. The lowest BCUT2D eigenvalue weighted by atomic mass is 10.2. The predicted molar refractivity (Wildman–Crippen MR) is 118 cm³/mol. The minimum atomic E-state index is -0.187. The Bertz CT molecular complexity index is 863. The summed E-state index contributed by atoms with van der Waals surface area (Å²) in [5, 5.41) is 8.76. The number of anilines is 3. The van der Waals surface area contributed by atoms with Crippen LogP contribution in [0.15, 0.2) is 48.5 Å². The molecule has 7 heteroatoms. The van der Waals surface area contributed by atoms with Gasteiger partial charge < -0.3 is 25.4 Å². The molecule has 2 amide bonds. The molecule has 1 fully saturated rings. The van der Waals surface area contributed by atoms with Crippen LogP contribution in [-0.4, -0.2) is 37.7 Å². The predicted octanol–water partition coefficient (Wildman–Crippen LogP) is 3.89. The van der Waals surface area contributed by atoms with Gasteiger partial charge in [0, 0.05) is 35.7 Å². The molecule has 160 valence electrons. The lowest BCUT2D eigenvalue weighted by Crippen LogP contribution is -2.22. The lowest BCUT2D eigenvalue weighted by Gasteiger charge is -2.13. The molecule has 7 nitrogen and oxygen atoms in total. The number of hydrogen-bond acceptors (Lipinski definition) is 5. The molecule has 0 aliphatic carbocycles. The van der Waals surface area contributed by atoms with Crippen molar-refractivity contribution in [3.8, 4) is 5.75 Å². The number of rotatable bonds is 9. The maximum atomic E-state index is 12.3. The highest BCUT2D eigenvalue weighted by Crippen LogP contribution is 2.20. The summed E-state index contributed by atoms with van der Waals surface area (Å²) in [5.74, 6) is 0.372. The highest BCUT2D eigenvalue weighted by molar-refractivity contribution is 5.96. The van der Waals surface area contributed by atoms with Crippen LogP contribution < -0.4 is 20.7 Å². The highest BCUT2D eigenvalue weighted by Gasteiger charge is 2.16. The van der Waals surface area contributed by atoms with E-state index in [1.807, 2.05) is 38.1 Å². The van der Waals surface area contributed by atoms with E-state index in [1.54, 1.807) is 24.3 Å². The molecule has 3 rings (SSSR count). The van der Waals surface area contributed by atoms with Crippen molar-refractivity contribution in [1.82, 2.24) is 0 Å². The van der Waals surface area contributed by atoms with E-state index >= 15 is 0 Å². The zero-order valence-corrected chi connectivity index (χ0v) is 17.4. The van der Waals surface area contributed by atoms with Crippen LogP contribution >= 0.6 is 0 Å². The molecule has 30 heavy (non-hydrogen) atoms. The van der Waals surface area contributed by atoms with Gasteiger partial charge in [0.05, 0.1) is 12.6 Å². The average molecular weight is 412 g/mol. The van der Waals surface area contributed by atoms with Gasteiger partial charge in [-0.15, -0.1) is 0 Å². The Kier molecular flexibility index (Phi) is 7.68. The number of amides is 2. The van der Waals surface area contributed by atoms with Crippen molar-refractivity contribution in [3.05, 3.63) is 48.5 Å². The van der Waals surface area contributed by atoms with Crippen LogP contribution in [0.3, 0.4) is 0 Å². The van der Waals surface area contributed by atoms with Crippen molar-refractivity contribution in [1.29, 1.82) is 0 Å². The van der Waals surface area contributed by atoms with Crippen LogP contribution in [0.2, 0.25) is 0 Å². The van der Waals surface area contributed by atoms with E-state index < -0.39 is 0 Å². The summed E-state index contributed by atoms with van der Waals surface area (Å²) in [5.41, 5.74) is 2.07. The van der Waals surface area contributed by atoms with Gasteiger partial charge in [-0.25, -0.2) is 0 Å². The Hall–Kier alpha value is -3.06. The fraction of sp³-hybridized carbons (Fsp3) is 0.391. The van der Waals surface area contributed by atoms with Gasteiger partial charge in [0.25, 0.3) is 0 Å². The molecule has 1 saturated heterocycles. The first-order chi connectivity index (χ1) is 14.5. The zero-order chi connectivity index (χ0) is 21.3. The topological polar surface area (TPSA) is 88.7 Å². The van der Waals surface area contributed by atoms with Gasteiger partial charge >= 0.3 is 0 Å². The molecule has 1 atom stereocenters.